The van der Waals surface area contributed by atoms with Gasteiger partial charge in [-0.05, 0) is 38.5 Å². The lowest BCUT2D eigenvalue weighted by Gasteiger charge is -2.22. The molecular formula is C42H83NO3. The fraction of sp³-hybridized carbons (Fsp3) is 0.929. The summed E-state index contributed by atoms with van der Waals surface area (Å²) in [7, 11) is 0. The Kier molecular flexibility index (Phi) is 37.8. The van der Waals surface area contributed by atoms with Gasteiger partial charge in [0.1, 0.15) is 0 Å². The van der Waals surface area contributed by atoms with Crippen LogP contribution in [0, 0.1) is 0 Å². The molecule has 3 N–H and O–H groups in total. The standard InChI is InChI=1S/C42H83NO3/c1-3-5-7-9-11-13-15-17-19-21-23-25-27-29-31-33-35-37-41(45)40(39-44)43-42(46)38-36-34-32-30-28-26-24-22-20-18-16-14-12-10-8-6-4-2/h18,20,40-41,44-45H,3-17,19,21-39H2,1-2H3,(H,43,46)/b20-18-. The first-order chi connectivity index (χ1) is 22.7. The summed E-state index contributed by atoms with van der Waals surface area (Å²) in [6.45, 7) is 4.36. The molecule has 4 nitrogen and oxygen atoms in total. The second kappa shape index (κ2) is 38.6. The first-order valence-corrected chi connectivity index (χ1v) is 20.9. The number of hydrogen-bond donors (Lipinski definition) is 3. The van der Waals surface area contributed by atoms with Crippen molar-refractivity contribution in [1.29, 1.82) is 0 Å². The zero-order valence-electron chi connectivity index (χ0n) is 31.4. The minimum atomic E-state index is -0.657. The maximum atomic E-state index is 12.4. The van der Waals surface area contributed by atoms with Crippen molar-refractivity contribution < 1.29 is 15.0 Å². The van der Waals surface area contributed by atoms with Crippen LogP contribution < -0.4 is 5.32 Å². The van der Waals surface area contributed by atoms with Crippen molar-refractivity contribution >= 4 is 5.91 Å². The van der Waals surface area contributed by atoms with Crippen molar-refractivity contribution in [2.75, 3.05) is 6.61 Å². The first kappa shape index (κ1) is 45.1. The summed E-state index contributed by atoms with van der Waals surface area (Å²) in [5.41, 5.74) is 0. The van der Waals surface area contributed by atoms with Crippen molar-refractivity contribution in [3.05, 3.63) is 12.2 Å². The largest absolute Gasteiger partial charge is 0.394 e. The van der Waals surface area contributed by atoms with Gasteiger partial charge >= 0.3 is 0 Å². The third-order valence-corrected chi connectivity index (χ3v) is 9.78. The van der Waals surface area contributed by atoms with Crippen LogP contribution in [0.3, 0.4) is 0 Å². The van der Waals surface area contributed by atoms with E-state index >= 15 is 0 Å². The van der Waals surface area contributed by atoms with E-state index in [-0.39, 0.29) is 12.5 Å². The Bertz CT molecular complexity index is 622. The van der Waals surface area contributed by atoms with E-state index in [1.54, 1.807) is 0 Å². The summed E-state index contributed by atoms with van der Waals surface area (Å²) in [6.07, 6.45) is 47.0. The molecule has 0 saturated carbocycles. The molecule has 0 aromatic rings. The Balaban J connectivity index is 3.52. The van der Waals surface area contributed by atoms with Crippen LogP contribution in [0.2, 0.25) is 0 Å². The number of rotatable bonds is 38. The molecule has 2 atom stereocenters. The Hall–Kier alpha value is -0.870. The van der Waals surface area contributed by atoms with Crippen LogP contribution in [0.1, 0.15) is 232 Å². The highest BCUT2D eigenvalue weighted by atomic mass is 16.3. The number of unbranched alkanes of at least 4 members (excludes halogenated alkanes) is 29. The summed E-state index contributed by atoms with van der Waals surface area (Å²) in [5.74, 6) is -0.0340. The topological polar surface area (TPSA) is 69.6 Å². The van der Waals surface area contributed by atoms with Crippen LogP contribution in [0.4, 0.5) is 0 Å². The van der Waals surface area contributed by atoms with E-state index in [0.29, 0.717) is 12.8 Å². The monoisotopic (exact) mass is 650 g/mol. The molecule has 0 saturated heterocycles. The van der Waals surface area contributed by atoms with E-state index in [9.17, 15) is 15.0 Å². The normalized spacial score (nSPS) is 13.0. The molecule has 1 amide bonds. The smallest absolute Gasteiger partial charge is 0.220 e. The quantitative estimate of drug-likeness (QED) is 0.0460. The van der Waals surface area contributed by atoms with E-state index in [2.05, 4.69) is 31.3 Å². The summed E-state index contributed by atoms with van der Waals surface area (Å²) in [4.78, 5) is 12.4. The molecule has 0 heterocycles. The van der Waals surface area contributed by atoms with Gasteiger partial charge in [-0.2, -0.15) is 0 Å². The predicted molar refractivity (Wildman–Crippen MR) is 202 cm³/mol. The van der Waals surface area contributed by atoms with Crippen molar-refractivity contribution in [3.63, 3.8) is 0 Å². The number of amides is 1. The maximum Gasteiger partial charge on any atom is 0.220 e. The molecule has 0 aromatic heterocycles. The van der Waals surface area contributed by atoms with Gasteiger partial charge in [0.05, 0.1) is 18.8 Å². The molecule has 2 unspecified atom stereocenters. The van der Waals surface area contributed by atoms with Crippen LogP contribution in [-0.4, -0.2) is 34.9 Å². The summed E-state index contributed by atoms with van der Waals surface area (Å²) >= 11 is 0. The van der Waals surface area contributed by atoms with Gasteiger partial charge in [0.25, 0.3) is 0 Å². The molecule has 0 aliphatic carbocycles. The molecule has 0 spiro atoms. The van der Waals surface area contributed by atoms with E-state index < -0.39 is 12.1 Å². The zero-order valence-corrected chi connectivity index (χ0v) is 31.4. The molecular weight excluding hydrogens is 566 g/mol. The molecule has 0 radical (unpaired) electrons. The highest BCUT2D eigenvalue weighted by Gasteiger charge is 2.19. The van der Waals surface area contributed by atoms with Crippen molar-refractivity contribution in [3.8, 4) is 0 Å². The fourth-order valence-corrected chi connectivity index (χ4v) is 6.53. The summed E-state index contributed by atoms with van der Waals surface area (Å²) < 4.78 is 0. The minimum absolute atomic E-state index is 0.0340. The minimum Gasteiger partial charge on any atom is -0.394 e. The summed E-state index contributed by atoms with van der Waals surface area (Å²) in [6, 6.07) is -0.534. The number of nitrogens with one attached hydrogen (secondary N) is 1. The third-order valence-electron chi connectivity index (χ3n) is 9.78. The van der Waals surface area contributed by atoms with Gasteiger partial charge in [-0.3, -0.25) is 4.79 Å². The van der Waals surface area contributed by atoms with Crippen molar-refractivity contribution in [1.82, 2.24) is 5.32 Å². The number of allylic oxidation sites excluding steroid dienone is 2. The van der Waals surface area contributed by atoms with Crippen LogP contribution in [0.15, 0.2) is 12.2 Å². The van der Waals surface area contributed by atoms with Gasteiger partial charge in [-0.25, -0.2) is 0 Å². The lowest BCUT2D eigenvalue weighted by molar-refractivity contribution is -0.123. The maximum absolute atomic E-state index is 12.4. The fourth-order valence-electron chi connectivity index (χ4n) is 6.53. The molecule has 0 fully saturated rings. The summed E-state index contributed by atoms with van der Waals surface area (Å²) in [5, 5.41) is 23.1. The number of carbonyl (C=O) groups is 1. The van der Waals surface area contributed by atoms with Crippen molar-refractivity contribution in [2.45, 2.75) is 244 Å². The van der Waals surface area contributed by atoms with E-state index in [0.717, 1.165) is 25.7 Å². The second-order valence-electron chi connectivity index (χ2n) is 14.4. The van der Waals surface area contributed by atoms with Crippen molar-refractivity contribution in [2.24, 2.45) is 0 Å². The second-order valence-corrected chi connectivity index (χ2v) is 14.4. The Labute approximate surface area is 288 Å². The van der Waals surface area contributed by atoms with Gasteiger partial charge in [0.15, 0.2) is 0 Å². The molecule has 0 aromatic carbocycles. The highest BCUT2D eigenvalue weighted by Crippen LogP contribution is 2.16. The average molecular weight is 650 g/mol. The van der Waals surface area contributed by atoms with Crippen LogP contribution in [0.25, 0.3) is 0 Å². The molecule has 4 heteroatoms. The van der Waals surface area contributed by atoms with E-state index in [4.69, 9.17) is 0 Å². The predicted octanol–water partition coefficient (Wildman–Crippen LogP) is 12.7. The highest BCUT2D eigenvalue weighted by molar-refractivity contribution is 5.76. The molecule has 0 bridgehead atoms. The number of aliphatic hydroxyl groups excluding tert-OH is 2. The van der Waals surface area contributed by atoms with Gasteiger partial charge in [-0.1, -0.05) is 199 Å². The van der Waals surface area contributed by atoms with Gasteiger partial charge in [-0.15, -0.1) is 0 Å². The lowest BCUT2D eigenvalue weighted by Crippen LogP contribution is -2.45. The average Bonchev–Trinajstić information content (AvgIpc) is 3.06. The number of carbonyl (C=O) groups excluding carboxylic acids is 1. The molecule has 46 heavy (non-hydrogen) atoms. The number of aliphatic hydroxyl groups is 2. The Morgan fingerprint density at radius 3 is 1.20 bits per heavy atom. The number of hydrogen-bond acceptors (Lipinski definition) is 3. The molecule has 0 aliphatic rings. The lowest BCUT2D eigenvalue weighted by atomic mass is 10.0. The van der Waals surface area contributed by atoms with Gasteiger partial charge in [0.2, 0.25) is 5.91 Å². The van der Waals surface area contributed by atoms with Crippen LogP contribution in [0.5, 0.6) is 0 Å². The van der Waals surface area contributed by atoms with E-state index in [1.165, 1.54) is 180 Å². The van der Waals surface area contributed by atoms with Gasteiger partial charge in [0, 0.05) is 6.42 Å². The van der Waals surface area contributed by atoms with Crippen LogP contribution >= 0.6 is 0 Å². The first-order valence-electron chi connectivity index (χ1n) is 20.9. The third kappa shape index (κ3) is 34.5. The Morgan fingerprint density at radius 1 is 0.500 bits per heavy atom. The molecule has 0 aliphatic heterocycles. The van der Waals surface area contributed by atoms with Crippen LogP contribution in [-0.2, 0) is 4.79 Å². The zero-order chi connectivity index (χ0) is 33.6. The Morgan fingerprint density at radius 2 is 0.826 bits per heavy atom. The van der Waals surface area contributed by atoms with E-state index in [1.807, 2.05) is 0 Å². The molecule has 0 rings (SSSR count). The molecule has 274 valence electrons. The SMILES string of the molecule is CCCCCCCC/C=C\CCCCCCCCCC(=O)NC(CO)C(O)CCCCCCCCCCCCCCCCCCC. The van der Waals surface area contributed by atoms with Gasteiger partial charge < -0.3 is 15.5 Å².